The highest BCUT2D eigenvalue weighted by Gasteiger charge is 2.09. The van der Waals surface area contributed by atoms with Gasteiger partial charge in [0.1, 0.15) is 5.75 Å². The van der Waals surface area contributed by atoms with Crippen molar-refractivity contribution < 1.29 is 19.1 Å². The van der Waals surface area contributed by atoms with Crippen LogP contribution < -0.4 is 4.74 Å². The number of rotatable bonds is 8. The molecule has 0 aromatic heterocycles. The summed E-state index contributed by atoms with van der Waals surface area (Å²) >= 11 is 0. The van der Waals surface area contributed by atoms with Crippen LogP contribution in [0.5, 0.6) is 5.75 Å². The van der Waals surface area contributed by atoms with E-state index in [-0.39, 0.29) is 11.9 Å². The van der Waals surface area contributed by atoms with Gasteiger partial charge in [-0.1, -0.05) is 26.0 Å². The second kappa shape index (κ2) is 9.23. The largest absolute Gasteiger partial charge is 0.465 e. The number of aryl methyl sites for hydroxylation is 1. The first-order valence-electron chi connectivity index (χ1n) is 7.82. The minimum Gasteiger partial charge on any atom is -0.465 e. The molecule has 0 aliphatic heterocycles. The molecule has 0 atom stereocenters. The van der Waals surface area contributed by atoms with Gasteiger partial charge in [0.15, 0.2) is 0 Å². The first-order chi connectivity index (χ1) is 10.4. The van der Waals surface area contributed by atoms with Crippen LogP contribution in [-0.4, -0.2) is 18.5 Å². The third-order valence-corrected chi connectivity index (χ3v) is 3.37. The van der Waals surface area contributed by atoms with Gasteiger partial charge in [-0.2, -0.15) is 0 Å². The Labute approximate surface area is 132 Å². The molecule has 0 bridgehead atoms. The van der Waals surface area contributed by atoms with Crippen molar-refractivity contribution >= 4 is 11.9 Å². The lowest BCUT2D eigenvalue weighted by atomic mass is 10.1. The first-order valence-corrected chi connectivity index (χ1v) is 7.82. The Morgan fingerprint density at radius 3 is 2.32 bits per heavy atom. The summed E-state index contributed by atoms with van der Waals surface area (Å²) in [5, 5.41) is 0. The van der Waals surface area contributed by atoms with Gasteiger partial charge in [-0.25, -0.2) is 0 Å². The lowest BCUT2D eigenvalue weighted by Gasteiger charge is -2.09. The zero-order chi connectivity index (χ0) is 16.5. The number of benzene rings is 1. The fraction of sp³-hybridized carbons (Fsp3) is 0.556. The predicted molar refractivity (Wildman–Crippen MR) is 85.8 cm³/mol. The molecule has 1 aromatic rings. The van der Waals surface area contributed by atoms with Gasteiger partial charge in [-0.05, 0) is 49.8 Å². The molecule has 122 valence electrons. The maximum Gasteiger partial charge on any atom is 0.311 e. The van der Waals surface area contributed by atoms with Crippen molar-refractivity contribution in [3.8, 4) is 5.75 Å². The van der Waals surface area contributed by atoms with Crippen molar-refractivity contribution in [2.75, 3.05) is 6.61 Å². The number of hydrogen-bond donors (Lipinski definition) is 0. The summed E-state index contributed by atoms with van der Waals surface area (Å²) < 4.78 is 10.4. The quantitative estimate of drug-likeness (QED) is 0.414. The number of hydrogen-bond acceptors (Lipinski definition) is 4. The molecule has 0 fully saturated rings. The molecule has 0 aliphatic rings. The van der Waals surface area contributed by atoms with E-state index < -0.39 is 0 Å². The van der Waals surface area contributed by atoms with Gasteiger partial charge in [0.05, 0.1) is 6.61 Å². The van der Waals surface area contributed by atoms with Gasteiger partial charge in [-0.15, -0.1) is 0 Å². The molecule has 22 heavy (non-hydrogen) atoms. The third kappa shape index (κ3) is 6.74. The van der Waals surface area contributed by atoms with Crippen LogP contribution in [-0.2, 0) is 14.3 Å². The minimum absolute atomic E-state index is 0.198. The number of carbonyl (C=O) groups excluding carboxylic acids is 2. The summed E-state index contributed by atoms with van der Waals surface area (Å²) in [5.74, 6) is 0.499. The molecule has 4 nitrogen and oxygen atoms in total. The zero-order valence-electron chi connectivity index (χ0n) is 14.0. The highest BCUT2D eigenvalue weighted by molar-refractivity contribution is 5.73. The summed E-state index contributed by atoms with van der Waals surface area (Å²) in [7, 11) is 0. The molecule has 4 heteroatoms. The average Bonchev–Trinajstić information content (AvgIpc) is 2.46. The van der Waals surface area contributed by atoms with E-state index in [1.807, 2.05) is 39.8 Å². The molecule has 0 aliphatic carbocycles. The fourth-order valence-electron chi connectivity index (χ4n) is 1.88. The highest BCUT2D eigenvalue weighted by atomic mass is 16.5. The molecule has 0 saturated carbocycles. The summed E-state index contributed by atoms with van der Waals surface area (Å²) in [4.78, 5) is 23.2. The molecule has 0 amide bonds. The van der Waals surface area contributed by atoms with Gasteiger partial charge in [0.25, 0.3) is 0 Å². The maximum atomic E-state index is 11.8. The molecular formula is C18H26O4. The standard InChI is InChI=1S/C18H26O4/c1-13(2)12-21-17(19)10-5-6-11-18(20)22-16-9-7-8-14(3)15(16)4/h7-9,13H,5-6,10-12H2,1-4H3. The van der Waals surface area contributed by atoms with E-state index in [1.54, 1.807) is 6.07 Å². The van der Waals surface area contributed by atoms with Crippen LogP contribution in [0.1, 0.15) is 50.7 Å². The van der Waals surface area contributed by atoms with Gasteiger partial charge in [0.2, 0.25) is 0 Å². The Bertz CT molecular complexity index is 506. The van der Waals surface area contributed by atoms with Crippen molar-refractivity contribution in [3.05, 3.63) is 29.3 Å². The molecule has 0 saturated heterocycles. The van der Waals surface area contributed by atoms with Crippen molar-refractivity contribution in [1.29, 1.82) is 0 Å². The van der Waals surface area contributed by atoms with Gasteiger partial charge in [-0.3, -0.25) is 9.59 Å². The van der Waals surface area contributed by atoms with Crippen LogP contribution >= 0.6 is 0 Å². The van der Waals surface area contributed by atoms with Crippen molar-refractivity contribution in [2.45, 2.75) is 53.4 Å². The SMILES string of the molecule is Cc1cccc(OC(=O)CCCCC(=O)OCC(C)C)c1C. The molecule has 0 unspecified atom stereocenters. The summed E-state index contributed by atoms with van der Waals surface area (Å²) in [6.07, 6.45) is 1.92. The molecule has 0 spiro atoms. The lowest BCUT2D eigenvalue weighted by molar-refractivity contribution is -0.145. The molecule has 0 heterocycles. The Kier molecular flexibility index (Phi) is 7.64. The van der Waals surface area contributed by atoms with Crippen LogP contribution in [0.2, 0.25) is 0 Å². The molecule has 0 radical (unpaired) electrons. The first kappa shape index (κ1) is 18.2. The van der Waals surface area contributed by atoms with Crippen molar-refractivity contribution in [3.63, 3.8) is 0 Å². The lowest BCUT2D eigenvalue weighted by Crippen LogP contribution is -2.11. The fourth-order valence-corrected chi connectivity index (χ4v) is 1.88. The van der Waals surface area contributed by atoms with Gasteiger partial charge < -0.3 is 9.47 Å². The number of unbranched alkanes of at least 4 members (excludes halogenated alkanes) is 1. The zero-order valence-corrected chi connectivity index (χ0v) is 14.0. The van der Waals surface area contributed by atoms with Crippen LogP contribution in [0.25, 0.3) is 0 Å². The van der Waals surface area contributed by atoms with Gasteiger partial charge in [0, 0.05) is 12.8 Å². The van der Waals surface area contributed by atoms with E-state index in [4.69, 9.17) is 9.47 Å². The maximum absolute atomic E-state index is 11.8. The molecule has 1 aromatic carbocycles. The van der Waals surface area contributed by atoms with Crippen LogP contribution in [0.4, 0.5) is 0 Å². The van der Waals surface area contributed by atoms with Crippen molar-refractivity contribution in [2.24, 2.45) is 5.92 Å². The summed E-state index contributed by atoms with van der Waals surface area (Å²) in [6, 6.07) is 5.65. The van der Waals surface area contributed by atoms with E-state index in [0.29, 0.717) is 44.0 Å². The highest BCUT2D eigenvalue weighted by Crippen LogP contribution is 2.21. The monoisotopic (exact) mass is 306 g/mol. The molecule has 0 N–H and O–H groups in total. The Morgan fingerprint density at radius 2 is 1.68 bits per heavy atom. The van der Waals surface area contributed by atoms with E-state index in [9.17, 15) is 9.59 Å². The smallest absolute Gasteiger partial charge is 0.311 e. The predicted octanol–water partition coefficient (Wildman–Crippen LogP) is 3.97. The van der Waals surface area contributed by atoms with Crippen LogP contribution in [0.15, 0.2) is 18.2 Å². The van der Waals surface area contributed by atoms with E-state index in [1.165, 1.54) is 0 Å². The molecular weight excluding hydrogens is 280 g/mol. The number of ether oxygens (including phenoxy) is 2. The number of carbonyl (C=O) groups is 2. The third-order valence-electron chi connectivity index (χ3n) is 3.37. The summed E-state index contributed by atoms with van der Waals surface area (Å²) in [6.45, 7) is 8.36. The second-order valence-electron chi connectivity index (χ2n) is 5.96. The van der Waals surface area contributed by atoms with E-state index in [2.05, 4.69) is 0 Å². The van der Waals surface area contributed by atoms with Crippen molar-refractivity contribution in [1.82, 2.24) is 0 Å². The average molecular weight is 306 g/mol. The summed E-state index contributed by atoms with van der Waals surface area (Å²) in [5.41, 5.74) is 2.08. The Morgan fingerprint density at radius 1 is 1.05 bits per heavy atom. The molecule has 1 rings (SSSR count). The van der Waals surface area contributed by atoms with Crippen LogP contribution in [0, 0.1) is 19.8 Å². The van der Waals surface area contributed by atoms with E-state index >= 15 is 0 Å². The van der Waals surface area contributed by atoms with Gasteiger partial charge >= 0.3 is 11.9 Å². The Hall–Kier alpha value is -1.84. The second-order valence-corrected chi connectivity index (χ2v) is 5.96. The van der Waals surface area contributed by atoms with E-state index in [0.717, 1.165) is 11.1 Å². The number of esters is 2. The minimum atomic E-state index is -0.260. The topological polar surface area (TPSA) is 52.6 Å². The normalized spacial score (nSPS) is 10.6. The Balaban J connectivity index is 2.24. The van der Waals surface area contributed by atoms with Crippen LogP contribution in [0.3, 0.4) is 0 Å².